The summed E-state index contributed by atoms with van der Waals surface area (Å²) in [6, 6.07) is 10.4. The maximum absolute atomic E-state index is 13.3. The Kier molecular flexibility index (Phi) is 6.50. The van der Waals surface area contributed by atoms with Gasteiger partial charge in [0.1, 0.15) is 17.3 Å². The third kappa shape index (κ3) is 3.87. The second-order valence-electron chi connectivity index (χ2n) is 7.52. The summed E-state index contributed by atoms with van der Waals surface area (Å²) in [5.74, 6) is -1.53. The number of aliphatic hydroxyl groups is 1. The Morgan fingerprint density at radius 1 is 1.00 bits per heavy atom. The van der Waals surface area contributed by atoms with Gasteiger partial charge in [-0.3, -0.25) is 19.5 Å². The summed E-state index contributed by atoms with van der Waals surface area (Å²) in [4.78, 5) is 32.0. The molecule has 174 valence electrons. The summed E-state index contributed by atoms with van der Waals surface area (Å²) >= 11 is 12.6. The predicted molar refractivity (Wildman–Crippen MR) is 130 cm³/mol. The zero-order chi connectivity index (χ0) is 24.6. The molecular weight excluding hydrogens is 479 g/mol. The molecule has 1 N–H and O–H groups in total. The van der Waals surface area contributed by atoms with Gasteiger partial charge >= 0.3 is 0 Å². The van der Waals surface area contributed by atoms with Crippen molar-refractivity contribution in [2.75, 3.05) is 19.1 Å². The molecule has 0 saturated carbocycles. The minimum Gasteiger partial charge on any atom is -0.507 e. The smallest absolute Gasteiger partial charge is 0.300 e. The van der Waals surface area contributed by atoms with Crippen molar-refractivity contribution in [2.45, 2.75) is 13.0 Å². The number of pyridine rings is 1. The maximum atomic E-state index is 13.3. The summed E-state index contributed by atoms with van der Waals surface area (Å²) in [5, 5.41) is 12.0. The third-order valence-corrected chi connectivity index (χ3v) is 6.40. The molecule has 7 nitrogen and oxygen atoms in total. The van der Waals surface area contributed by atoms with E-state index in [0.29, 0.717) is 27.6 Å². The highest BCUT2D eigenvalue weighted by molar-refractivity contribution is 6.52. The van der Waals surface area contributed by atoms with Crippen molar-refractivity contribution in [1.82, 2.24) is 4.98 Å². The van der Waals surface area contributed by atoms with Crippen molar-refractivity contribution in [1.29, 1.82) is 0 Å². The van der Waals surface area contributed by atoms with E-state index in [4.69, 9.17) is 32.7 Å². The zero-order valence-electron chi connectivity index (χ0n) is 18.5. The van der Waals surface area contributed by atoms with Gasteiger partial charge in [-0.05, 0) is 48.4 Å². The molecule has 2 heterocycles. The molecule has 0 aliphatic carbocycles. The summed E-state index contributed by atoms with van der Waals surface area (Å²) in [6.07, 6.45) is 3.09. The van der Waals surface area contributed by atoms with Gasteiger partial charge in [0.25, 0.3) is 11.7 Å². The van der Waals surface area contributed by atoms with Crippen LogP contribution >= 0.6 is 23.2 Å². The zero-order valence-corrected chi connectivity index (χ0v) is 20.0. The summed E-state index contributed by atoms with van der Waals surface area (Å²) in [6.45, 7) is 1.76. The van der Waals surface area contributed by atoms with Crippen LogP contribution in [-0.2, 0) is 9.59 Å². The minimum absolute atomic E-state index is 0.116. The fraction of sp³-hybridized carbons (Fsp3) is 0.160. The summed E-state index contributed by atoms with van der Waals surface area (Å²) in [5.41, 5.74) is 1.68. The van der Waals surface area contributed by atoms with E-state index in [1.807, 2.05) is 0 Å². The van der Waals surface area contributed by atoms with Crippen LogP contribution in [0.25, 0.3) is 5.76 Å². The fourth-order valence-electron chi connectivity index (χ4n) is 3.99. The van der Waals surface area contributed by atoms with Gasteiger partial charge in [-0.1, -0.05) is 29.3 Å². The second-order valence-corrected chi connectivity index (χ2v) is 8.34. The van der Waals surface area contributed by atoms with Gasteiger partial charge in [-0.15, -0.1) is 0 Å². The van der Waals surface area contributed by atoms with E-state index in [0.717, 1.165) is 0 Å². The van der Waals surface area contributed by atoms with Crippen LogP contribution in [0.1, 0.15) is 22.7 Å². The lowest BCUT2D eigenvalue weighted by atomic mass is 9.95. The lowest BCUT2D eigenvalue weighted by Gasteiger charge is -2.27. The number of Topliss-reactive ketones (excluding diaryl/α,β-unsaturated/α-hetero) is 1. The number of carbonyl (C=O) groups excluding carboxylic acids is 2. The number of aliphatic hydroxyl groups excluding tert-OH is 1. The lowest BCUT2D eigenvalue weighted by molar-refractivity contribution is -0.132. The molecule has 1 amide bonds. The van der Waals surface area contributed by atoms with E-state index in [2.05, 4.69) is 4.98 Å². The molecule has 34 heavy (non-hydrogen) atoms. The number of hydrogen-bond acceptors (Lipinski definition) is 6. The van der Waals surface area contributed by atoms with Crippen LogP contribution in [0.5, 0.6) is 11.5 Å². The quantitative estimate of drug-likeness (QED) is 0.290. The van der Waals surface area contributed by atoms with E-state index >= 15 is 0 Å². The topological polar surface area (TPSA) is 89.0 Å². The van der Waals surface area contributed by atoms with Crippen LogP contribution in [0, 0.1) is 6.92 Å². The number of ether oxygens (including phenoxy) is 2. The molecule has 0 spiro atoms. The molecule has 1 aromatic heterocycles. The number of ketones is 1. The molecule has 9 heteroatoms. The molecular formula is C25H20Cl2N2O5. The van der Waals surface area contributed by atoms with Gasteiger partial charge in [-0.25, -0.2) is 0 Å². The van der Waals surface area contributed by atoms with Crippen LogP contribution in [0.2, 0.25) is 10.0 Å². The van der Waals surface area contributed by atoms with Crippen LogP contribution in [-0.4, -0.2) is 36.0 Å². The number of benzene rings is 2. The molecule has 1 saturated heterocycles. The van der Waals surface area contributed by atoms with Gasteiger partial charge in [0.05, 0.1) is 36.4 Å². The molecule has 2 aromatic carbocycles. The first-order valence-electron chi connectivity index (χ1n) is 10.2. The van der Waals surface area contributed by atoms with E-state index in [1.165, 1.54) is 31.3 Å². The van der Waals surface area contributed by atoms with Crippen LogP contribution in [0.15, 0.2) is 60.4 Å². The van der Waals surface area contributed by atoms with Crippen molar-refractivity contribution in [3.05, 3.63) is 87.2 Å². The van der Waals surface area contributed by atoms with E-state index in [9.17, 15) is 14.7 Å². The van der Waals surface area contributed by atoms with Crippen molar-refractivity contribution < 1.29 is 24.2 Å². The predicted octanol–water partition coefficient (Wildman–Crippen LogP) is 5.34. The molecule has 0 bridgehead atoms. The molecule has 1 aliphatic rings. The highest BCUT2D eigenvalue weighted by Crippen LogP contribution is 2.45. The van der Waals surface area contributed by atoms with Gasteiger partial charge < -0.3 is 14.6 Å². The Morgan fingerprint density at radius 3 is 2.32 bits per heavy atom. The first kappa shape index (κ1) is 23.6. The van der Waals surface area contributed by atoms with E-state index in [-0.39, 0.29) is 21.9 Å². The summed E-state index contributed by atoms with van der Waals surface area (Å²) < 4.78 is 10.6. The monoisotopic (exact) mass is 498 g/mol. The number of methoxy groups -OCH3 is 2. The van der Waals surface area contributed by atoms with Crippen LogP contribution in [0.3, 0.4) is 0 Å². The molecule has 1 unspecified atom stereocenters. The Bertz CT molecular complexity index is 1320. The SMILES string of the molecule is COc1cc(OC)c(/C(O)=C2\C(=O)C(=O)N(c3cccc(Cl)c3C)C2c2ccncc2)cc1Cl. The highest BCUT2D eigenvalue weighted by atomic mass is 35.5. The van der Waals surface area contributed by atoms with Crippen LogP contribution in [0.4, 0.5) is 5.69 Å². The molecule has 4 rings (SSSR count). The number of rotatable bonds is 5. The minimum atomic E-state index is -0.939. The van der Waals surface area contributed by atoms with Crippen molar-refractivity contribution >= 4 is 46.3 Å². The normalized spacial score (nSPS) is 17.2. The number of anilines is 1. The largest absolute Gasteiger partial charge is 0.507 e. The van der Waals surface area contributed by atoms with E-state index < -0.39 is 23.5 Å². The Morgan fingerprint density at radius 2 is 1.68 bits per heavy atom. The second kappa shape index (κ2) is 9.37. The number of aromatic nitrogens is 1. The number of nitrogens with zero attached hydrogens (tertiary/aromatic N) is 2. The van der Waals surface area contributed by atoms with E-state index in [1.54, 1.807) is 49.6 Å². The highest BCUT2D eigenvalue weighted by Gasteiger charge is 2.47. The molecule has 1 atom stereocenters. The maximum Gasteiger partial charge on any atom is 0.300 e. The average Bonchev–Trinajstić information content (AvgIpc) is 3.11. The number of carbonyl (C=O) groups is 2. The van der Waals surface area contributed by atoms with Crippen molar-refractivity contribution in [3.8, 4) is 11.5 Å². The van der Waals surface area contributed by atoms with Gasteiger partial charge in [0, 0.05) is 29.2 Å². The Hall–Kier alpha value is -3.55. The molecule has 3 aromatic rings. The standard InChI is InChI=1S/C25H20Cl2N2O5/c1-13-16(26)5-4-6-18(13)29-22(14-7-9-28-10-8-14)21(24(31)25(29)32)23(30)15-11-17(27)20(34-3)12-19(15)33-2/h4-12,22,30H,1-3H3/b23-21+. The first-order chi connectivity index (χ1) is 16.3. The number of halogens is 2. The summed E-state index contributed by atoms with van der Waals surface area (Å²) in [7, 11) is 2.86. The van der Waals surface area contributed by atoms with Gasteiger partial charge in [0.2, 0.25) is 0 Å². The Balaban J connectivity index is 2.01. The average molecular weight is 499 g/mol. The van der Waals surface area contributed by atoms with Crippen molar-refractivity contribution in [2.24, 2.45) is 0 Å². The fourth-order valence-corrected chi connectivity index (χ4v) is 4.40. The third-order valence-electron chi connectivity index (χ3n) is 5.69. The Labute approximate surface area is 206 Å². The van der Waals surface area contributed by atoms with Crippen molar-refractivity contribution in [3.63, 3.8) is 0 Å². The lowest BCUT2D eigenvalue weighted by Crippen LogP contribution is -2.30. The van der Waals surface area contributed by atoms with Crippen LogP contribution < -0.4 is 14.4 Å². The first-order valence-corrected chi connectivity index (χ1v) is 10.9. The molecule has 1 fully saturated rings. The molecule has 1 aliphatic heterocycles. The number of hydrogen-bond donors (Lipinski definition) is 1. The van der Waals surface area contributed by atoms with Gasteiger partial charge in [0.15, 0.2) is 0 Å². The van der Waals surface area contributed by atoms with Gasteiger partial charge in [-0.2, -0.15) is 0 Å². The number of amides is 1. The molecule has 0 radical (unpaired) electrons.